The maximum absolute atomic E-state index is 0. The molecule has 0 nitrogen and oxygen atoms in total. The second kappa shape index (κ2) is 19.2. The first-order valence-electron chi connectivity index (χ1n) is 0. The molecule has 0 fully saturated rings. The summed E-state index contributed by atoms with van der Waals surface area (Å²) in [5.41, 5.74) is 0. The van der Waals surface area contributed by atoms with Gasteiger partial charge in [-0.15, -0.1) is 0 Å². The fourth-order valence-electron chi connectivity index (χ4n) is 0. The molecule has 0 unspecified atom stereocenters. The smallest absolute Gasteiger partial charge is 1.00 e. The molecule has 4 heteroatoms. The fourth-order valence-corrected chi connectivity index (χ4v) is 0. The van der Waals surface area contributed by atoms with Gasteiger partial charge in [-0.1, -0.05) is 0 Å². The summed E-state index contributed by atoms with van der Waals surface area (Å²) in [5.74, 6) is 0. The van der Waals surface area contributed by atoms with E-state index in [1.54, 1.807) is 0 Å². The Balaban J connectivity index is 0. The number of rotatable bonds is 0. The minimum Gasteiger partial charge on any atom is -1.00 e. The largest absolute Gasteiger partial charge is 3.00 e. The average molecular weight is 235 g/mol. The van der Waals surface area contributed by atoms with Crippen molar-refractivity contribution in [3.8, 4) is 0 Å². The molecule has 0 atom stereocenters. The first-order valence-corrected chi connectivity index (χ1v) is 0. The molecule has 0 saturated heterocycles. The monoisotopic (exact) mass is 236 g/mol. The summed E-state index contributed by atoms with van der Waals surface area (Å²) in [5, 5.41) is 0. The summed E-state index contributed by atoms with van der Waals surface area (Å²) < 4.78 is 0. The van der Waals surface area contributed by atoms with E-state index in [-0.39, 0.29) is 79.4 Å². The summed E-state index contributed by atoms with van der Waals surface area (Å²) in [4.78, 5) is 0. The van der Waals surface area contributed by atoms with E-state index in [4.69, 9.17) is 0 Å². The van der Waals surface area contributed by atoms with Crippen LogP contribution in [-0.4, -0.2) is 23.1 Å². The van der Waals surface area contributed by atoms with Crippen molar-refractivity contribution in [2.75, 3.05) is 0 Å². The summed E-state index contributed by atoms with van der Waals surface area (Å²) >= 11 is 0. The predicted molar refractivity (Wildman–Crippen MR) is 5.75 cm³/mol. The molecule has 0 aliphatic heterocycles. The van der Waals surface area contributed by atoms with Crippen LogP contribution in [0.25, 0.3) is 0 Å². The number of halogens is 2. The van der Waals surface area contributed by atoms with Crippen LogP contribution in [0.5, 0.6) is 0 Å². The van der Waals surface area contributed by atoms with E-state index in [0.717, 1.165) is 0 Å². The number of hydrogen-bond acceptors (Lipinski definition) is 0. The Hall–Kier alpha value is 2.15. The van der Waals surface area contributed by atoms with E-state index in [0.29, 0.717) is 0 Å². The molecule has 0 aromatic rings. The van der Waals surface area contributed by atoms with Crippen LogP contribution in [0.4, 0.5) is 0 Å². The summed E-state index contributed by atoms with van der Waals surface area (Å²) in [6, 6.07) is 0. The van der Waals surface area contributed by atoms with E-state index < -0.39 is 0 Å². The number of hydrogen-bond donors (Lipinski definition) is 0. The van der Waals surface area contributed by atoms with Gasteiger partial charge in [0.1, 0.15) is 0 Å². The van der Waals surface area contributed by atoms with Crippen molar-refractivity contribution < 1.29 is 56.3 Å². The molecule has 0 aromatic carbocycles. The maximum atomic E-state index is 0. The zero-order valence-electron chi connectivity index (χ0n) is 1.73. The van der Waals surface area contributed by atoms with Gasteiger partial charge >= 0.3 is 70.0 Å². The molecule has 0 aliphatic rings. The van der Waals surface area contributed by atoms with E-state index in [9.17, 15) is 0 Å². The average Bonchev–Trinajstić information content (AvgIpc) is 0. The molecule has 0 bridgehead atoms. The normalized spacial score (nSPS) is 0. The SMILES string of the molecule is [F-].[F-].[Mg+2].[Yb+3]. The van der Waals surface area contributed by atoms with Crippen LogP contribution in [0.3, 0.4) is 0 Å². The van der Waals surface area contributed by atoms with Gasteiger partial charge < -0.3 is 9.41 Å². The molecule has 0 amide bonds. The third kappa shape index (κ3) is 8.91. The molecule has 0 N–H and O–H groups in total. The topological polar surface area (TPSA) is 0 Å². The van der Waals surface area contributed by atoms with Gasteiger partial charge in [0.25, 0.3) is 0 Å². The van der Waals surface area contributed by atoms with Crippen LogP contribution in [-0.2, 0) is 0 Å². The summed E-state index contributed by atoms with van der Waals surface area (Å²) in [7, 11) is 0. The maximum Gasteiger partial charge on any atom is 3.00 e. The second-order valence-electron chi connectivity index (χ2n) is 0. The second-order valence-corrected chi connectivity index (χ2v) is 0. The van der Waals surface area contributed by atoms with Crippen molar-refractivity contribution in [3.63, 3.8) is 0 Å². The van der Waals surface area contributed by atoms with E-state index in [1.165, 1.54) is 0 Å². The van der Waals surface area contributed by atoms with Crippen LogP contribution in [0, 0.1) is 46.9 Å². The third-order valence-corrected chi connectivity index (χ3v) is 0. The van der Waals surface area contributed by atoms with Crippen LogP contribution >= 0.6 is 0 Å². The van der Waals surface area contributed by atoms with E-state index in [2.05, 4.69) is 0 Å². The zero-order valence-corrected chi connectivity index (χ0v) is 4.86. The molecule has 4 heavy (non-hydrogen) atoms. The zero-order chi connectivity index (χ0) is 0. The molecule has 0 heterocycles. The first-order chi connectivity index (χ1) is 0. The van der Waals surface area contributed by atoms with Gasteiger partial charge in [0.2, 0.25) is 0 Å². The molecule has 27 valence electrons. The van der Waals surface area contributed by atoms with Crippen molar-refractivity contribution >= 4 is 23.1 Å². The molecular formula is F2MgYb+3. The van der Waals surface area contributed by atoms with Crippen molar-refractivity contribution in [1.82, 2.24) is 0 Å². The van der Waals surface area contributed by atoms with Crippen molar-refractivity contribution in [2.24, 2.45) is 0 Å². The Morgan fingerprint density at radius 3 is 0.750 bits per heavy atom. The summed E-state index contributed by atoms with van der Waals surface area (Å²) in [6.45, 7) is 0. The Kier molecular flexibility index (Phi) is 170. The molecule has 0 aromatic heterocycles. The Labute approximate surface area is 77.8 Å². The van der Waals surface area contributed by atoms with Crippen LogP contribution < -0.4 is 9.41 Å². The van der Waals surface area contributed by atoms with E-state index in [1.807, 2.05) is 0 Å². The van der Waals surface area contributed by atoms with Gasteiger partial charge in [0.05, 0.1) is 0 Å². The van der Waals surface area contributed by atoms with Crippen molar-refractivity contribution in [1.29, 1.82) is 0 Å². The fraction of sp³-hybridized carbons (Fsp3) is 0. The molecule has 0 spiro atoms. The molecule has 0 aliphatic carbocycles. The van der Waals surface area contributed by atoms with Crippen molar-refractivity contribution in [2.45, 2.75) is 0 Å². The molecule has 0 rings (SSSR count). The molecule has 0 saturated carbocycles. The standard InChI is InChI=1S/2FH.Mg.Yb/h2*1H;;/q;;+2;+3/p-2. The first kappa shape index (κ1) is 35.3. The van der Waals surface area contributed by atoms with Gasteiger partial charge in [-0.3, -0.25) is 0 Å². The van der Waals surface area contributed by atoms with Gasteiger partial charge in [-0.05, 0) is 0 Å². The predicted octanol–water partition coefficient (Wildman–Crippen LogP) is -6.37. The van der Waals surface area contributed by atoms with Gasteiger partial charge in [0.15, 0.2) is 0 Å². The Morgan fingerprint density at radius 1 is 0.750 bits per heavy atom. The quantitative estimate of drug-likeness (QED) is 0.367. The Bertz CT molecular complexity index is 6.00. The van der Waals surface area contributed by atoms with Crippen molar-refractivity contribution in [3.05, 3.63) is 0 Å². The van der Waals surface area contributed by atoms with Gasteiger partial charge in [-0.2, -0.15) is 0 Å². The van der Waals surface area contributed by atoms with Crippen LogP contribution in [0.2, 0.25) is 0 Å². The molecular weight excluding hydrogens is 235 g/mol. The minimum absolute atomic E-state index is 0. The minimum atomic E-state index is 0. The van der Waals surface area contributed by atoms with E-state index >= 15 is 0 Å². The van der Waals surface area contributed by atoms with Crippen LogP contribution in [0.1, 0.15) is 0 Å². The molecule has 1 radical (unpaired) electrons. The van der Waals surface area contributed by atoms with Gasteiger partial charge in [0, 0.05) is 0 Å². The van der Waals surface area contributed by atoms with Gasteiger partial charge in [-0.25, -0.2) is 0 Å². The summed E-state index contributed by atoms with van der Waals surface area (Å²) in [6.07, 6.45) is 0. The third-order valence-electron chi connectivity index (χ3n) is 0. The Morgan fingerprint density at radius 2 is 0.750 bits per heavy atom. The van der Waals surface area contributed by atoms with Crippen LogP contribution in [0.15, 0.2) is 0 Å².